The molecule has 0 amide bonds. The molecule has 156 valence electrons. The number of benzene rings is 1. The second-order valence-electron chi connectivity index (χ2n) is 6.66. The van der Waals surface area contributed by atoms with Gasteiger partial charge in [0.1, 0.15) is 28.5 Å². The zero-order valence-electron chi connectivity index (χ0n) is 17.3. The van der Waals surface area contributed by atoms with Gasteiger partial charge in [0.2, 0.25) is 0 Å². The van der Waals surface area contributed by atoms with E-state index in [0.29, 0.717) is 33.3 Å². The van der Waals surface area contributed by atoms with Gasteiger partial charge in [-0.15, -0.1) is 0 Å². The summed E-state index contributed by atoms with van der Waals surface area (Å²) in [6.45, 7) is 2.00. The maximum absolute atomic E-state index is 9.79. The van der Waals surface area contributed by atoms with Gasteiger partial charge in [-0.1, -0.05) is 48.2 Å². The first-order valence-corrected chi connectivity index (χ1v) is 11.0. The Hall–Kier alpha value is -3.39. The highest BCUT2D eigenvalue weighted by atomic mass is 32.2. The summed E-state index contributed by atoms with van der Waals surface area (Å²) in [6, 6.07) is 19.6. The molecule has 31 heavy (non-hydrogen) atoms. The number of nitriles is 2. The average molecular weight is 430 g/mol. The lowest BCUT2D eigenvalue weighted by Crippen LogP contribution is -2.04. The smallest absolute Gasteiger partial charge is 0.145 e. The van der Waals surface area contributed by atoms with E-state index < -0.39 is 0 Å². The van der Waals surface area contributed by atoms with Crippen molar-refractivity contribution in [2.45, 2.75) is 23.6 Å². The molecule has 4 rings (SSSR count). The standard InChI is InChI=1S/C20H15N5S.C4H8O/c1-23-19-16(11-21)18(14-7-3-2-4-8-14)17(12-22)20(25-19)26-13-15-9-5-6-10-24-15;1-2-4-5-3-1/h2-10H,13H2,1H3,(H,23,25);1-4H2. The molecule has 7 heteroatoms. The van der Waals surface area contributed by atoms with Crippen molar-refractivity contribution in [1.82, 2.24) is 9.97 Å². The van der Waals surface area contributed by atoms with Gasteiger partial charge in [0.25, 0.3) is 0 Å². The molecule has 0 spiro atoms. The van der Waals surface area contributed by atoms with E-state index in [1.165, 1.54) is 24.6 Å². The van der Waals surface area contributed by atoms with Gasteiger partial charge in [-0.2, -0.15) is 10.5 Å². The molecule has 1 aliphatic heterocycles. The lowest BCUT2D eigenvalue weighted by molar-refractivity contribution is 0.198. The summed E-state index contributed by atoms with van der Waals surface area (Å²) in [6.07, 6.45) is 4.29. The van der Waals surface area contributed by atoms with Crippen LogP contribution in [0.3, 0.4) is 0 Å². The number of ether oxygens (including phenoxy) is 1. The molecule has 0 atom stereocenters. The highest BCUT2D eigenvalue weighted by Crippen LogP contribution is 2.37. The molecule has 3 heterocycles. The Kier molecular flexibility index (Phi) is 8.42. The molecule has 1 N–H and O–H groups in total. The van der Waals surface area contributed by atoms with E-state index in [1.54, 1.807) is 13.2 Å². The first-order valence-electron chi connectivity index (χ1n) is 10.00. The molecule has 1 aliphatic rings. The third kappa shape index (κ3) is 5.82. The largest absolute Gasteiger partial charge is 0.381 e. The predicted molar refractivity (Wildman–Crippen MR) is 123 cm³/mol. The summed E-state index contributed by atoms with van der Waals surface area (Å²) in [5, 5.41) is 23.0. The molecular formula is C24H23N5OS. The Bertz CT molecular complexity index is 1060. The van der Waals surface area contributed by atoms with E-state index in [-0.39, 0.29) is 0 Å². The topological polar surface area (TPSA) is 94.6 Å². The molecule has 2 aromatic heterocycles. The van der Waals surface area contributed by atoms with Crippen molar-refractivity contribution < 1.29 is 4.74 Å². The minimum atomic E-state index is 0.373. The van der Waals surface area contributed by atoms with Gasteiger partial charge in [0, 0.05) is 37.8 Å². The number of nitrogens with one attached hydrogen (secondary N) is 1. The molecule has 0 unspecified atom stereocenters. The van der Waals surface area contributed by atoms with E-state index in [0.717, 1.165) is 24.5 Å². The number of thioether (sulfide) groups is 1. The van der Waals surface area contributed by atoms with E-state index in [2.05, 4.69) is 27.4 Å². The number of rotatable bonds is 5. The van der Waals surface area contributed by atoms with Crippen LogP contribution in [0.5, 0.6) is 0 Å². The van der Waals surface area contributed by atoms with Gasteiger partial charge in [0.05, 0.1) is 11.3 Å². The SMILES string of the molecule is C1CCOC1.CNc1nc(SCc2ccccn2)c(C#N)c(-c2ccccc2)c1C#N. The van der Waals surface area contributed by atoms with Crippen LogP contribution in [0.15, 0.2) is 59.8 Å². The lowest BCUT2D eigenvalue weighted by Gasteiger charge is -2.14. The maximum atomic E-state index is 9.79. The van der Waals surface area contributed by atoms with Crippen LogP contribution in [0.4, 0.5) is 5.82 Å². The van der Waals surface area contributed by atoms with E-state index in [9.17, 15) is 10.5 Å². The van der Waals surface area contributed by atoms with Crippen LogP contribution >= 0.6 is 11.8 Å². The summed E-state index contributed by atoms with van der Waals surface area (Å²) < 4.78 is 4.94. The van der Waals surface area contributed by atoms with Gasteiger partial charge in [-0.3, -0.25) is 4.98 Å². The van der Waals surface area contributed by atoms with Gasteiger partial charge >= 0.3 is 0 Å². The lowest BCUT2D eigenvalue weighted by atomic mass is 9.97. The Morgan fingerprint density at radius 2 is 1.71 bits per heavy atom. The van der Waals surface area contributed by atoms with Gasteiger partial charge < -0.3 is 10.1 Å². The van der Waals surface area contributed by atoms with Crippen molar-refractivity contribution in [3.8, 4) is 23.3 Å². The normalized spacial score (nSPS) is 12.2. The summed E-state index contributed by atoms with van der Waals surface area (Å²) in [4.78, 5) is 8.82. The number of pyridine rings is 2. The number of hydrogen-bond acceptors (Lipinski definition) is 7. The first kappa shape index (κ1) is 22.3. The Balaban J connectivity index is 0.000000478. The predicted octanol–water partition coefficient (Wildman–Crippen LogP) is 5.02. The molecule has 0 radical (unpaired) electrons. The fourth-order valence-corrected chi connectivity index (χ4v) is 3.99. The monoisotopic (exact) mass is 429 g/mol. The highest BCUT2D eigenvalue weighted by molar-refractivity contribution is 7.98. The number of hydrogen-bond donors (Lipinski definition) is 1. The molecular weight excluding hydrogens is 406 g/mol. The summed E-state index contributed by atoms with van der Waals surface area (Å²) >= 11 is 1.44. The van der Waals surface area contributed by atoms with Crippen LogP contribution in [0.2, 0.25) is 0 Å². The van der Waals surface area contributed by atoms with Crippen LogP contribution < -0.4 is 5.32 Å². The van der Waals surface area contributed by atoms with Gasteiger partial charge in [-0.05, 0) is 30.5 Å². The summed E-state index contributed by atoms with van der Waals surface area (Å²) in [5.74, 6) is 1.06. The van der Waals surface area contributed by atoms with Crippen LogP contribution in [0, 0.1) is 22.7 Å². The van der Waals surface area contributed by atoms with Crippen molar-refractivity contribution >= 4 is 17.6 Å². The quantitative estimate of drug-likeness (QED) is 0.569. The van der Waals surface area contributed by atoms with Gasteiger partial charge in [-0.25, -0.2) is 4.98 Å². The van der Waals surface area contributed by atoms with Crippen molar-refractivity contribution in [3.63, 3.8) is 0 Å². The van der Waals surface area contributed by atoms with Crippen molar-refractivity contribution in [2.24, 2.45) is 0 Å². The molecule has 0 bridgehead atoms. The summed E-state index contributed by atoms with van der Waals surface area (Å²) in [5.41, 5.74) is 3.11. The molecule has 1 saturated heterocycles. The van der Waals surface area contributed by atoms with E-state index in [1.807, 2.05) is 48.5 Å². The molecule has 0 saturated carbocycles. The maximum Gasteiger partial charge on any atom is 0.145 e. The van der Waals surface area contributed by atoms with Gasteiger partial charge in [0.15, 0.2) is 0 Å². The molecule has 1 aromatic carbocycles. The van der Waals surface area contributed by atoms with Crippen LogP contribution in [-0.2, 0) is 10.5 Å². The minimum absolute atomic E-state index is 0.373. The van der Waals surface area contributed by atoms with Crippen molar-refractivity contribution in [2.75, 3.05) is 25.6 Å². The second-order valence-corrected chi connectivity index (χ2v) is 7.62. The van der Waals surface area contributed by atoms with E-state index >= 15 is 0 Å². The third-order valence-corrected chi connectivity index (χ3v) is 5.61. The zero-order valence-corrected chi connectivity index (χ0v) is 18.2. The molecule has 1 fully saturated rings. The fourth-order valence-electron chi connectivity index (χ4n) is 3.09. The third-order valence-electron chi connectivity index (χ3n) is 4.60. The number of anilines is 1. The minimum Gasteiger partial charge on any atom is -0.381 e. The van der Waals surface area contributed by atoms with Crippen LogP contribution in [0.1, 0.15) is 29.7 Å². The fraction of sp³-hybridized carbons (Fsp3) is 0.250. The molecule has 6 nitrogen and oxygen atoms in total. The second kappa shape index (κ2) is 11.7. The highest BCUT2D eigenvalue weighted by Gasteiger charge is 2.21. The van der Waals surface area contributed by atoms with Crippen LogP contribution in [-0.4, -0.2) is 30.2 Å². The zero-order chi connectivity index (χ0) is 21.9. The Morgan fingerprint density at radius 1 is 1.00 bits per heavy atom. The van der Waals surface area contributed by atoms with Crippen molar-refractivity contribution in [3.05, 3.63) is 71.5 Å². The van der Waals surface area contributed by atoms with Crippen molar-refractivity contribution in [1.29, 1.82) is 10.5 Å². The molecule has 0 aliphatic carbocycles. The Morgan fingerprint density at radius 3 is 2.26 bits per heavy atom. The number of nitrogens with zero attached hydrogens (tertiary/aromatic N) is 4. The first-order chi connectivity index (χ1) is 15.3. The summed E-state index contributed by atoms with van der Waals surface area (Å²) in [7, 11) is 1.72. The van der Waals surface area contributed by atoms with E-state index in [4.69, 9.17) is 4.74 Å². The van der Waals surface area contributed by atoms with Crippen LogP contribution in [0.25, 0.3) is 11.1 Å². The molecule has 3 aromatic rings. The average Bonchev–Trinajstić information content (AvgIpc) is 3.43. The number of aromatic nitrogens is 2. The Labute approximate surface area is 186 Å².